The minimum atomic E-state index is -0.498. The van der Waals surface area contributed by atoms with Gasteiger partial charge in [-0.3, -0.25) is 24.6 Å². The van der Waals surface area contributed by atoms with Crippen molar-refractivity contribution in [3.8, 4) is 5.75 Å². The molecule has 2 aromatic rings. The molecule has 0 aliphatic carbocycles. The van der Waals surface area contributed by atoms with Gasteiger partial charge in [-0.25, -0.2) is 0 Å². The Hall–Kier alpha value is -3.13. The van der Waals surface area contributed by atoms with E-state index in [2.05, 4.69) is 0 Å². The van der Waals surface area contributed by atoms with E-state index in [4.69, 9.17) is 4.74 Å². The second kappa shape index (κ2) is 7.63. The van der Waals surface area contributed by atoms with Crippen LogP contribution in [0, 0.1) is 17.0 Å². The zero-order chi connectivity index (χ0) is 19.6. The molecule has 0 radical (unpaired) electrons. The topological polar surface area (TPSA) is 89.8 Å². The summed E-state index contributed by atoms with van der Waals surface area (Å²) in [6.07, 6.45) is 1.66. The Labute approximate surface area is 159 Å². The molecule has 1 aliphatic rings. The number of amides is 2. The van der Waals surface area contributed by atoms with Crippen molar-refractivity contribution in [3.63, 3.8) is 0 Å². The van der Waals surface area contributed by atoms with Crippen LogP contribution in [0.4, 0.5) is 10.5 Å². The molecule has 0 N–H and O–H groups in total. The molecule has 0 spiro atoms. The number of aryl methyl sites for hydroxylation is 1. The molecule has 3 rings (SSSR count). The number of carbonyl (C=O) groups excluding carboxylic acids is 2. The molecule has 1 saturated heterocycles. The predicted molar refractivity (Wildman–Crippen MR) is 102 cm³/mol. The zero-order valence-electron chi connectivity index (χ0n) is 14.7. The molecule has 27 heavy (non-hydrogen) atoms. The second-order valence-corrected chi connectivity index (χ2v) is 6.91. The molecular formula is C19H16N2O5S. The minimum Gasteiger partial charge on any atom is -0.496 e. The normalized spacial score (nSPS) is 15.5. The summed E-state index contributed by atoms with van der Waals surface area (Å²) in [4.78, 5) is 36.5. The van der Waals surface area contributed by atoms with E-state index in [9.17, 15) is 19.7 Å². The van der Waals surface area contributed by atoms with E-state index in [-0.39, 0.29) is 23.4 Å². The van der Waals surface area contributed by atoms with E-state index in [1.807, 2.05) is 19.1 Å². The monoisotopic (exact) mass is 384 g/mol. The summed E-state index contributed by atoms with van der Waals surface area (Å²) in [6, 6.07) is 11.3. The lowest BCUT2D eigenvalue weighted by Gasteiger charge is -2.12. The molecular weight excluding hydrogens is 368 g/mol. The number of nitrogens with zero attached hydrogens (tertiary/aromatic N) is 2. The molecule has 1 heterocycles. The average Bonchev–Trinajstić information content (AvgIpc) is 2.91. The highest BCUT2D eigenvalue weighted by atomic mass is 32.2. The fourth-order valence-electron chi connectivity index (χ4n) is 2.62. The van der Waals surface area contributed by atoms with Crippen molar-refractivity contribution in [2.75, 3.05) is 7.11 Å². The van der Waals surface area contributed by atoms with Crippen molar-refractivity contribution < 1.29 is 19.2 Å². The summed E-state index contributed by atoms with van der Waals surface area (Å²) >= 11 is 0.871. The summed E-state index contributed by atoms with van der Waals surface area (Å²) in [7, 11) is 1.57. The van der Waals surface area contributed by atoms with Crippen molar-refractivity contribution in [2.24, 2.45) is 0 Å². The molecule has 1 fully saturated rings. The van der Waals surface area contributed by atoms with E-state index >= 15 is 0 Å². The Morgan fingerprint density at radius 1 is 1.19 bits per heavy atom. The van der Waals surface area contributed by atoms with Crippen LogP contribution >= 0.6 is 11.8 Å². The molecule has 0 saturated carbocycles. The molecule has 0 aromatic heterocycles. The number of carbonyl (C=O) groups is 2. The highest BCUT2D eigenvalue weighted by Gasteiger charge is 2.35. The van der Waals surface area contributed by atoms with Gasteiger partial charge in [0, 0.05) is 12.1 Å². The predicted octanol–water partition coefficient (Wildman–Crippen LogP) is 4.15. The number of nitro groups is 1. The third-order valence-electron chi connectivity index (χ3n) is 4.09. The molecule has 7 nitrogen and oxygen atoms in total. The van der Waals surface area contributed by atoms with Crippen LogP contribution < -0.4 is 4.74 Å². The summed E-state index contributed by atoms with van der Waals surface area (Å²) < 4.78 is 5.28. The highest BCUT2D eigenvalue weighted by Crippen LogP contribution is 2.34. The number of imide groups is 1. The van der Waals surface area contributed by atoms with Gasteiger partial charge in [-0.2, -0.15) is 0 Å². The number of hydrogen-bond acceptors (Lipinski definition) is 6. The largest absolute Gasteiger partial charge is 0.496 e. The van der Waals surface area contributed by atoms with Crippen LogP contribution in [-0.4, -0.2) is 28.1 Å². The smallest absolute Gasteiger partial charge is 0.293 e. The Morgan fingerprint density at radius 2 is 1.89 bits per heavy atom. The first-order valence-electron chi connectivity index (χ1n) is 8.02. The third-order valence-corrected chi connectivity index (χ3v) is 5.00. The number of non-ortho nitro benzene ring substituents is 1. The lowest BCUT2D eigenvalue weighted by Crippen LogP contribution is -2.27. The van der Waals surface area contributed by atoms with Gasteiger partial charge in [0.2, 0.25) is 0 Å². The van der Waals surface area contributed by atoms with Gasteiger partial charge in [-0.05, 0) is 47.5 Å². The third kappa shape index (κ3) is 4.01. The first kappa shape index (κ1) is 18.7. The van der Waals surface area contributed by atoms with Gasteiger partial charge in [-0.15, -0.1) is 0 Å². The summed E-state index contributed by atoms with van der Waals surface area (Å²) in [5.74, 6) is 0.316. The van der Waals surface area contributed by atoms with Gasteiger partial charge in [-0.1, -0.05) is 24.3 Å². The molecule has 8 heteroatoms. The van der Waals surface area contributed by atoms with Crippen LogP contribution in [-0.2, 0) is 11.3 Å². The Balaban J connectivity index is 1.79. The van der Waals surface area contributed by atoms with E-state index < -0.39 is 4.92 Å². The van der Waals surface area contributed by atoms with Gasteiger partial charge in [0.1, 0.15) is 5.75 Å². The number of benzene rings is 2. The van der Waals surface area contributed by atoms with E-state index in [1.54, 1.807) is 19.3 Å². The number of rotatable bonds is 5. The van der Waals surface area contributed by atoms with Crippen LogP contribution in [0.1, 0.15) is 16.7 Å². The van der Waals surface area contributed by atoms with Crippen molar-refractivity contribution in [2.45, 2.75) is 13.5 Å². The quantitative estimate of drug-likeness (QED) is 0.437. The lowest BCUT2D eigenvalue weighted by atomic mass is 10.1. The fraction of sp³-hybridized carbons (Fsp3) is 0.158. The number of hydrogen-bond donors (Lipinski definition) is 0. The van der Waals surface area contributed by atoms with Crippen LogP contribution in [0.3, 0.4) is 0 Å². The summed E-state index contributed by atoms with van der Waals surface area (Å²) in [5.41, 5.74) is 2.33. The lowest BCUT2D eigenvalue weighted by molar-refractivity contribution is -0.384. The van der Waals surface area contributed by atoms with Crippen molar-refractivity contribution in [1.29, 1.82) is 0 Å². The Kier molecular flexibility index (Phi) is 5.27. The molecule has 2 aromatic carbocycles. The van der Waals surface area contributed by atoms with Crippen LogP contribution in [0.5, 0.6) is 5.75 Å². The first-order valence-corrected chi connectivity index (χ1v) is 8.84. The highest BCUT2D eigenvalue weighted by molar-refractivity contribution is 8.18. The Morgan fingerprint density at radius 3 is 2.52 bits per heavy atom. The minimum absolute atomic E-state index is 0.0406. The second-order valence-electron chi connectivity index (χ2n) is 5.92. The van der Waals surface area contributed by atoms with Crippen molar-refractivity contribution in [1.82, 2.24) is 4.90 Å². The van der Waals surface area contributed by atoms with Gasteiger partial charge < -0.3 is 4.74 Å². The first-order chi connectivity index (χ1) is 12.9. The fourth-order valence-corrected chi connectivity index (χ4v) is 3.46. The Bertz CT molecular complexity index is 953. The number of nitro benzene ring substituents is 1. The molecule has 2 amide bonds. The van der Waals surface area contributed by atoms with Gasteiger partial charge in [0.15, 0.2) is 0 Å². The standard InChI is InChI=1S/C19H16N2O5S/c1-12-3-4-14(9-16(12)26-2)10-17-18(22)20(19(23)27-17)11-13-5-7-15(8-6-13)21(24)25/h3-10H,11H2,1-2H3/b17-10-. The maximum atomic E-state index is 12.6. The molecule has 138 valence electrons. The molecule has 0 unspecified atom stereocenters. The molecule has 1 aliphatic heterocycles. The molecule has 0 bridgehead atoms. The van der Waals surface area contributed by atoms with Gasteiger partial charge >= 0.3 is 0 Å². The van der Waals surface area contributed by atoms with E-state index in [0.717, 1.165) is 27.8 Å². The van der Waals surface area contributed by atoms with E-state index in [0.29, 0.717) is 16.2 Å². The number of ether oxygens (including phenoxy) is 1. The van der Waals surface area contributed by atoms with Gasteiger partial charge in [0.05, 0.1) is 23.5 Å². The average molecular weight is 384 g/mol. The van der Waals surface area contributed by atoms with Crippen LogP contribution in [0.15, 0.2) is 47.4 Å². The van der Waals surface area contributed by atoms with Crippen molar-refractivity contribution >= 4 is 34.7 Å². The van der Waals surface area contributed by atoms with Gasteiger partial charge in [0.25, 0.3) is 16.8 Å². The maximum absolute atomic E-state index is 12.6. The number of methoxy groups -OCH3 is 1. The number of thioether (sulfide) groups is 1. The molecule has 0 atom stereocenters. The SMILES string of the molecule is COc1cc(/C=C2\SC(=O)N(Cc3ccc([N+](=O)[O-])cc3)C2=O)ccc1C. The van der Waals surface area contributed by atoms with Crippen molar-refractivity contribution in [3.05, 3.63) is 74.2 Å². The summed E-state index contributed by atoms with van der Waals surface area (Å²) in [5, 5.41) is 10.3. The van der Waals surface area contributed by atoms with Crippen LogP contribution in [0.25, 0.3) is 6.08 Å². The van der Waals surface area contributed by atoms with Crippen LogP contribution in [0.2, 0.25) is 0 Å². The maximum Gasteiger partial charge on any atom is 0.293 e. The van der Waals surface area contributed by atoms with E-state index in [1.165, 1.54) is 24.3 Å². The summed E-state index contributed by atoms with van der Waals surface area (Å²) in [6.45, 7) is 1.98. The zero-order valence-corrected chi connectivity index (χ0v) is 15.5.